The Labute approximate surface area is 135 Å². The number of H-pyrrole nitrogens is 1. The van der Waals surface area contributed by atoms with E-state index in [1.54, 1.807) is 13.0 Å². The van der Waals surface area contributed by atoms with Crippen LogP contribution in [0.1, 0.15) is 34.6 Å². The van der Waals surface area contributed by atoms with Crippen molar-refractivity contribution in [2.75, 3.05) is 5.32 Å². The third-order valence-electron chi connectivity index (χ3n) is 4.09. The molecule has 1 amide bonds. The summed E-state index contributed by atoms with van der Waals surface area (Å²) < 4.78 is 0. The van der Waals surface area contributed by atoms with E-state index in [4.69, 9.17) is 10.8 Å². The normalized spacial score (nSPS) is 14.9. The summed E-state index contributed by atoms with van der Waals surface area (Å²) in [6.07, 6.45) is 2.55. The molecule has 5 N–H and O–H groups in total. The number of nitrogens with two attached hydrogens (primary N) is 1. The van der Waals surface area contributed by atoms with Crippen molar-refractivity contribution >= 4 is 23.4 Å². The standard InChI is InChI=1S/C15H15N5O4/c1-7-4-8(12(21)20-11(7)13(22)23)19-10-5-9(17-6-18-10)15(2-3-15)14(16)24/h4-6H,2-3H2,1H3,(H2,16,24)(H,20,21)(H,22,23)(H,17,18,19). The molecule has 0 aromatic carbocycles. The van der Waals surface area contributed by atoms with Crippen LogP contribution in [0.2, 0.25) is 0 Å². The second-order valence-electron chi connectivity index (χ2n) is 5.74. The molecule has 0 aliphatic heterocycles. The number of carbonyl (C=O) groups excluding carboxylic acids is 1. The van der Waals surface area contributed by atoms with Crippen LogP contribution in [0.4, 0.5) is 11.5 Å². The first kappa shape index (κ1) is 15.7. The lowest BCUT2D eigenvalue weighted by atomic mass is 10.0. The lowest BCUT2D eigenvalue weighted by Gasteiger charge is -2.12. The zero-order valence-corrected chi connectivity index (χ0v) is 12.8. The first-order valence-corrected chi connectivity index (χ1v) is 7.20. The summed E-state index contributed by atoms with van der Waals surface area (Å²) in [6, 6.07) is 2.99. The summed E-state index contributed by atoms with van der Waals surface area (Å²) in [5.74, 6) is -1.33. The fraction of sp³-hybridized carbons (Fsp3) is 0.267. The predicted octanol–water partition coefficient (Wildman–Crippen LogP) is 0.432. The van der Waals surface area contributed by atoms with E-state index in [1.807, 2.05) is 0 Å². The Kier molecular flexibility index (Phi) is 3.55. The van der Waals surface area contributed by atoms with Gasteiger partial charge in [0.1, 0.15) is 23.5 Å². The molecule has 1 aliphatic carbocycles. The molecule has 1 aliphatic rings. The maximum Gasteiger partial charge on any atom is 0.352 e. The van der Waals surface area contributed by atoms with E-state index in [1.165, 1.54) is 12.4 Å². The van der Waals surface area contributed by atoms with Crippen LogP contribution in [-0.4, -0.2) is 31.9 Å². The van der Waals surface area contributed by atoms with Crippen molar-refractivity contribution in [3.8, 4) is 0 Å². The summed E-state index contributed by atoms with van der Waals surface area (Å²) in [5.41, 5.74) is 4.96. The first-order chi connectivity index (χ1) is 11.3. The van der Waals surface area contributed by atoms with Gasteiger partial charge in [-0.05, 0) is 31.4 Å². The van der Waals surface area contributed by atoms with Crippen molar-refractivity contribution in [1.82, 2.24) is 15.0 Å². The van der Waals surface area contributed by atoms with Gasteiger partial charge in [-0.2, -0.15) is 0 Å². The molecular formula is C15H15N5O4. The molecule has 2 aromatic heterocycles. The number of hydrogen-bond acceptors (Lipinski definition) is 6. The number of aryl methyl sites for hydroxylation is 1. The number of carboxylic acid groups (broad SMARTS) is 1. The summed E-state index contributed by atoms with van der Waals surface area (Å²) in [4.78, 5) is 45.0. The maximum atomic E-state index is 12.0. The third-order valence-corrected chi connectivity index (χ3v) is 4.09. The summed E-state index contributed by atoms with van der Waals surface area (Å²) in [6.45, 7) is 1.57. The van der Waals surface area contributed by atoms with Crippen molar-refractivity contribution in [2.24, 2.45) is 5.73 Å². The van der Waals surface area contributed by atoms with Gasteiger partial charge >= 0.3 is 5.97 Å². The van der Waals surface area contributed by atoms with E-state index in [2.05, 4.69) is 20.3 Å². The molecule has 1 fully saturated rings. The highest BCUT2D eigenvalue weighted by atomic mass is 16.4. The van der Waals surface area contributed by atoms with Crippen LogP contribution in [-0.2, 0) is 10.2 Å². The van der Waals surface area contributed by atoms with Gasteiger partial charge in [0.2, 0.25) is 5.91 Å². The fourth-order valence-corrected chi connectivity index (χ4v) is 2.53. The highest BCUT2D eigenvalue weighted by Gasteiger charge is 2.51. The molecule has 9 nitrogen and oxygen atoms in total. The lowest BCUT2D eigenvalue weighted by Crippen LogP contribution is -2.29. The van der Waals surface area contributed by atoms with E-state index < -0.39 is 22.9 Å². The van der Waals surface area contributed by atoms with E-state index in [9.17, 15) is 14.4 Å². The van der Waals surface area contributed by atoms with Gasteiger partial charge in [-0.25, -0.2) is 14.8 Å². The largest absolute Gasteiger partial charge is 0.477 e. The number of anilines is 2. The molecule has 0 unspecified atom stereocenters. The average molecular weight is 329 g/mol. The van der Waals surface area contributed by atoms with Crippen LogP contribution in [0.5, 0.6) is 0 Å². The predicted molar refractivity (Wildman–Crippen MR) is 84.2 cm³/mol. The van der Waals surface area contributed by atoms with Crippen LogP contribution < -0.4 is 16.6 Å². The molecule has 24 heavy (non-hydrogen) atoms. The molecule has 0 saturated heterocycles. The number of amides is 1. The molecule has 0 bridgehead atoms. The van der Waals surface area contributed by atoms with Crippen LogP contribution in [0.3, 0.4) is 0 Å². The Bertz CT molecular complexity index is 901. The Hall–Kier alpha value is -3.23. The van der Waals surface area contributed by atoms with Gasteiger partial charge < -0.3 is 21.1 Å². The van der Waals surface area contributed by atoms with Crippen molar-refractivity contribution in [1.29, 1.82) is 0 Å². The highest BCUT2D eigenvalue weighted by Crippen LogP contribution is 2.47. The quantitative estimate of drug-likeness (QED) is 0.621. The second-order valence-corrected chi connectivity index (χ2v) is 5.74. The fourth-order valence-electron chi connectivity index (χ4n) is 2.53. The zero-order valence-electron chi connectivity index (χ0n) is 12.8. The van der Waals surface area contributed by atoms with Gasteiger partial charge in [0.25, 0.3) is 5.56 Å². The van der Waals surface area contributed by atoms with Crippen LogP contribution >= 0.6 is 0 Å². The first-order valence-electron chi connectivity index (χ1n) is 7.20. The van der Waals surface area contributed by atoms with Crippen molar-refractivity contribution in [3.05, 3.63) is 45.8 Å². The average Bonchev–Trinajstić information content (AvgIpc) is 3.32. The van der Waals surface area contributed by atoms with Gasteiger partial charge in [-0.1, -0.05) is 0 Å². The number of aromatic nitrogens is 3. The zero-order chi connectivity index (χ0) is 17.5. The lowest BCUT2D eigenvalue weighted by molar-refractivity contribution is -0.120. The minimum Gasteiger partial charge on any atom is -0.477 e. The van der Waals surface area contributed by atoms with Crippen LogP contribution in [0, 0.1) is 6.92 Å². The molecule has 2 heterocycles. The van der Waals surface area contributed by atoms with Crippen molar-refractivity contribution in [2.45, 2.75) is 25.2 Å². The Balaban J connectivity index is 1.93. The van der Waals surface area contributed by atoms with Gasteiger partial charge in [-0.3, -0.25) is 9.59 Å². The number of aromatic amines is 1. The van der Waals surface area contributed by atoms with E-state index in [0.717, 1.165) is 0 Å². The van der Waals surface area contributed by atoms with Gasteiger partial charge in [0, 0.05) is 6.07 Å². The van der Waals surface area contributed by atoms with E-state index >= 15 is 0 Å². The Morgan fingerprint density at radius 2 is 2.04 bits per heavy atom. The minimum absolute atomic E-state index is 0.145. The third kappa shape index (κ3) is 2.60. The number of carboxylic acids is 1. The molecular weight excluding hydrogens is 314 g/mol. The highest BCUT2D eigenvalue weighted by molar-refractivity contribution is 5.89. The SMILES string of the molecule is Cc1cc(Nc2cc(C3(C(N)=O)CC3)ncn2)c(=O)[nH]c1C(=O)O. The summed E-state index contributed by atoms with van der Waals surface area (Å²) in [5, 5.41) is 11.8. The molecule has 9 heteroatoms. The Morgan fingerprint density at radius 3 is 2.62 bits per heavy atom. The molecule has 1 saturated carbocycles. The number of primary amides is 1. The number of rotatable bonds is 5. The molecule has 3 rings (SSSR count). The molecule has 2 aromatic rings. The number of nitrogens with one attached hydrogen (secondary N) is 2. The van der Waals surface area contributed by atoms with Crippen molar-refractivity contribution < 1.29 is 14.7 Å². The molecule has 0 atom stereocenters. The smallest absolute Gasteiger partial charge is 0.352 e. The van der Waals surface area contributed by atoms with Gasteiger partial charge in [0.15, 0.2) is 0 Å². The second kappa shape index (κ2) is 5.44. The van der Waals surface area contributed by atoms with Gasteiger partial charge in [0.05, 0.1) is 11.1 Å². The van der Waals surface area contributed by atoms with E-state index in [-0.39, 0.29) is 11.4 Å². The monoisotopic (exact) mass is 329 g/mol. The minimum atomic E-state index is -1.21. The molecule has 0 spiro atoms. The topological polar surface area (TPSA) is 151 Å². The summed E-state index contributed by atoms with van der Waals surface area (Å²) in [7, 11) is 0. The van der Waals surface area contributed by atoms with Crippen LogP contribution in [0.25, 0.3) is 0 Å². The van der Waals surface area contributed by atoms with E-state index in [0.29, 0.717) is 29.9 Å². The number of carbonyl (C=O) groups is 2. The maximum absolute atomic E-state index is 12.0. The van der Waals surface area contributed by atoms with Crippen LogP contribution in [0.15, 0.2) is 23.3 Å². The Morgan fingerprint density at radius 1 is 1.33 bits per heavy atom. The number of nitrogens with zero attached hydrogens (tertiary/aromatic N) is 2. The summed E-state index contributed by atoms with van der Waals surface area (Å²) >= 11 is 0. The van der Waals surface area contributed by atoms with Gasteiger partial charge in [-0.15, -0.1) is 0 Å². The van der Waals surface area contributed by atoms with Crippen molar-refractivity contribution in [3.63, 3.8) is 0 Å². The number of pyridine rings is 1. The molecule has 124 valence electrons. The number of aromatic carboxylic acids is 1. The number of hydrogen-bond donors (Lipinski definition) is 4. The molecule has 0 radical (unpaired) electrons.